The van der Waals surface area contributed by atoms with Gasteiger partial charge in [0.15, 0.2) is 0 Å². The van der Waals surface area contributed by atoms with Gasteiger partial charge in [0.2, 0.25) is 0 Å². The maximum atomic E-state index is 5.10. The van der Waals surface area contributed by atoms with Crippen LogP contribution in [0, 0.1) is 11.3 Å². The molecule has 1 nitrogen and oxygen atoms in total. The molecule has 0 amide bonds. The molecule has 1 aliphatic rings. The summed E-state index contributed by atoms with van der Waals surface area (Å²) >= 11 is 0. The number of hydrogen-bond donors (Lipinski definition) is 0. The van der Waals surface area contributed by atoms with Crippen LogP contribution in [0.3, 0.4) is 0 Å². The Labute approximate surface area is 130 Å². The monoisotopic (exact) mass is 286 g/mol. The van der Waals surface area contributed by atoms with Crippen molar-refractivity contribution in [2.75, 3.05) is 0 Å². The van der Waals surface area contributed by atoms with E-state index in [1.807, 2.05) is 6.26 Å². The lowest BCUT2D eigenvalue weighted by molar-refractivity contribution is 0.288. The summed E-state index contributed by atoms with van der Waals surface area (Å²) in [7, 11) is 0. The van der Waals surface area contributed by atoms with Crippen molar-refractivity contribution in [2.24, 2.45) is 11.3 Å². The third-order valence-electron chi connectivity index (χ3n) is 4.90. The number of hydrogen-bond acceptors (Lipinski definition) is 1. The van der Waals surface area contributed by atoms with E-state index >= 15 is 0 Å². The first kappa shape index (κ1) is 16.1. The van der Waals surface area contributed by atoms with E-state index in [2.05, 4.69) is 45.9 Å². The zero-order valence-electron chi connectivity index (χ0n) is 14.1. The number of allylic oxidation sites excluding steroid dienone is 4. The van der Waals surface area contributed by atoms with Crippen molar-refractivity contribution in [1.82, 2.24) is 0 Å². The molecule has 0 aromatic carbocycles. The van der Waals surface area contributed by atoms with Crippen LogP contribution in [0.1, 0.15) is 65.4 Å². The van der Waals surface area contributed by atoms with Crippen LogP contribution >= 0.6 is 0 Å². The molecular formula is C20H30O. The fourth-order valence-corrected chi connectivity index (χ4v) is 3.57. The normalized spacial score (nSPS) is 24.5. The summed E-state index contributed by atoms with van der Waals surface area (Å²) in [6.07, 6.45) is 15.8. The van der Waals surface area contributed by atoms with E-state index < -0.39 is 0 Å². The second-order valence-electron chi connectivity index (χ2n) is 7.26. The minimum atomic E-state index is 0.398. The lowest BCUT2D eigenvalue weighted by Gasteiger charge is -2.37. The molecule has 0 N–H and O–H groups in total. The summed E-state index contributed by atoms with van der Waals surface area (Å²) in [4.78, 5) is 0. The SMILES string of the molecule is C/C(=C\CCc1ccoc1)C/C=C1\[C@H](C)CCCC1(C)C. The van der Waals surface area contributed by atoms with E-state index in [4.69, 9.17) is 4.42 Å². The molecule has 0 spiro atoms. The Bertz CT molecular complexity index is 488. The fraction of sp³-hybridized carbons (Fsp3) is 0.600. The molecule has 116 valence electrons. The van der Waals surface area contributed by atoms with Crippen LogP contribution in [0.5, 0.6) is 0 Å². The second-order valence-corrected chi connectivity index (χ2v) is 7.26. The number of furan rings is 1. The summed E-state index contributed by atoms with van der Waals surface area (Å²) in [5, 5.41) is 0. The van der Waals surface area contributed by atoms with Gasteiger partial charge in [-0.25, -0.2) is 0 Å². The summed E-state index contributed by atoms with van der Waals surface area (Å²) < 4.78 is 5.10. The smallest absolute Gasteiger partial charge is 0.0934 e. The maximum absolute atomic E-state index is 5.10. The average Bonchev–Trinajstić information content (AvgIpc) is 2.90. The van der Waals surface area contributed by atoms with Crippen molar-refractivity contribution < 1.29 is 4.42 Å². The van der Waals surface area contributed by atoms with Gasteiger partial charge in [-0.05, 0) is 62.0 Å². The van der Waals surface area contributed by atoms with Crippen molar-refractivity contribution in [3.8, 4) is 0 Å². The molecular weight excluding hydrogens is 256 g/mol. The lowest BCUT2D eigenvalue weighted by atomic mass is 9.68. The van der Waals surface area contributed by atoms with Gasteiger partial charge in [-0.3, -0.25) is 0 Å². The van der Waals surface area contributed by atoms with Crippen LogP contribution in [0.15, 0.2) is 46.3 Å². The van der Waals surface area contributed by atoms with Crippen molar-refractivity contribution >= 4 is 0 Å². The summed E-state index contributed by atoms with van der Waals surface area (Å²) in [6, 6.07) is 2.05. The van der Waals surface area contributed by atoms with Crippen LogP contribution in [-0.4, -0.2) is 0 Å². The molecule has 1 fully saturated rings. The predicted octanol–water partition coefficient (Wildman–Crippen LogP) is 6.32. The Hall–Kier alpha value is -1.24. The average molecular weight is 286 g/mol. The van der Waals surface area contributed by atoms with Crippen molar-refractivity contribution in [3.05, 3.63) is 47.5 Å². The Morgan fingerprint density at radius 3 is 2.90 bits per heavy atom. The van der Waals surface area contributed by atoms with Gasteiger partial charge in [0.1, 0.15) is 0 Å². The highest BCUT2D eigenvalue weighted by molar-refractivity contribution is 5.20. The van der Waals surface area contributed by atoms with Gasteiger partial charge >= 0.3 is 0 Å². The zero-order chi connectivity index (χ0) is 15.3. The molecule has 0 bridgehead atoms. The zero-order valence-corrected chi connectivity index (χ0v) is 14.1. The molecule has 1 heteroatoms. The van der Waals surface area contributed by atoms with Gasteiger partial charge < -0.3 is 4.42 Å². The van der Waals surface area contributed by atoms with Gasteiger partial charge in [0, 0.05) is 0 Å². The second kappa shape index (κ2) is 7.15. The van der Waals surface area contributed by atoms with Crippen LogP contribution in [0.4, 0.5) is 0 Å². The van der Waals surface area contributed by atoms with Crippen LogP contribution < -0.4 is 0 Å². The van der Waals surface area contributed by atoms with Crippen molar-refractivity contribution in [2.45, 2.75) is 66.2 Å². The topological polar surface area (TPSA) is 13.1 Å². The van der Waals surface area contributed by atoms with E-state index in [1.165, 1.54) is 30.4 Å². The van der Waals surface area contributed by atoms with Gasteiger partial charge in [-0.15, -0.1) is 0 Å². The summed E-state index contributed by atoms with van der Waals surface area (Å²) in [5.41, 5.74) is 4.85. The lowest BCUT2D eigenvalue weighted by Crippen LogP contribution is -2.24. The number of rotatable bonds is 5. The standard InChI is InChI=1S/C20H30O/c1-16(7-5-9-18-12-14-21-15-18)10-11-19-17(2)8-6-13-20(19,3)4/h7,11-12,14-15,17H,5-6,8-10,13H2,1-4H3/b16-7+,19-11+/t17-/m1/s1. The Morgan fingerprint density at radius 2 is 2.24 bits per heavy atom. The molecule has 2 rings (SSSR count). The van der Waals surface area contributed by atoms with Gasteiger partial charge in [0.05, 0.1) is 12.5 Å². The highest BCUT2D eigenvalue weighted by Gasteiger charge is 2.30. The minimum Gasteiger partial charge on any atom is -0.472 e. The molecule has 1 aliphatic carbocycles. The molecule has 0 radical (unpaired) electrons. The first-order chi connectivity index (χ1) is 9.99. The number of aryl methyl sites for hydroxylation is 1. The largest absolute Gasteiger partial charge is 0.472 e. The first-order valence-electron chi connectivity index (χ1n) is 8.36. The van der Waals surface area contributed by atoms with Gasteiger partial charge in [0.25, 0.3) is 0 Å². The third-order valence-corrected chi connectivity index (χ3v) is 4.90. The molecule has 0 unspecified atom stereocenters. The van der Waals surface area contributed by atoms with E-state index in [-0.39, 0.29) is 0 Å². The molecule has 0 aliphatic heterocycles. The van der Waals surface area contributed by atoms with Crippen LogP contribution in [0.2, 0.25) is 0 Å². The third kappa shape index (κ3) is 4.62. The van der Waals surface area contributed by atoms with E-state index in [0.29, 0.717) is 5.41 Å². The molecule has 1 aromatic heterocycles. The predicted molar refractivity (Wildman–Crippen MR) is 90.3 cm³/mol. The molecule has 21 heavy (non-hydrogen) atoms. The molecule has 1 saturated carbocycles. The van der Waals surface area contributed by atoms with Crippen molar-refractivity contribution in [1.29, 1.82) is 0 Å². The van der Waals surface area contributed by atoms with Gasteiger partial charge in [-0.2, -0.15) is 0 Å². The summed E-state index contributed by atoms with van der Waals surface area (Å²) in [5.74, 6) is 0.757. The Balaban J connectivity index is 1.89. The highest BCUT2D eigenvalue weighted by Crippen LogP contribution is 2.43. The maximum Gasteiger partial charge on any atom is 0.0934 e. The molecule has 1 heterocycles. The highest BCUT2D eigenvalue weighted by atomic mass is 16.3. The van der Waals surface area contributed by atoms with E-state index in [1.54, 1.807) is 11.8 Å². The molecule has 1 aromatic rings. The Morgan fingerprint density at radius 1 is 1.43 bits per heavy atom. The summed E-state index contributed by atoms with van der Waals surface area (Å²) in [6.45, 7) is 9.47. The van der Waals surface area contributed by atoms with Crippen LogP contribution in [-0.2, 0) is 6.42 Å². The molecule has 1 atom stereocenters. The van der Waals surface area contributed by atoms with Gasteiger partial charge in [-0.1, -0.05) is 50.5 Å². The van der Waals surface area contributed by atoms with E-state index in [0.717, 1.165) is 25.2 Å². The Kier molecular flexibility index (Phi) is 5.50. The van der Waals surface area contributed by atoms with Crippen LogP contribution in [0.25, 0.3) is 0 Å². The quantitative estimate of drug-likeness (QED) is 0.577. The first-order valence-corrected chi connectivity index (χ1v) is 8.36. The minimum absolute atomic E-state index is 0.398. The fourth-order valence-electron chi connectivity index (χ4n) is 3.57. The molecule has 0 saturated heterocycles. The van der Waals surface area contributed by atoms with Crippen molar-refractivity contribution in [3.63, 3.8) is 0 Å². The van der Waals surface area contributed by atoms with E-state index in [9.17, 15) is 0 Å².